The first-order valence-electron chi connectivity index (χ1n) is 6.93. The lowest BCUT2D eigenvalue weighted by Gasteiger charge is -2.09. The third-order valence-electron chi connectivity index (χ3n) is 3.08. The molecule has 0 radical (unpaired) electrons. The quantitative estimate of drug-likeness (QED) is 0.704. The zero-order valence-corrected chi connectivity index (χ0v) is 14.0. The van der Waals surface area contributed by atoms with Gasteiger partial charge in [0.15, 0.2) is 5.82 Å². The number of carbonyl (C=O) groups is 1. The molecule has 24 heavy (non-hydrogen) atoms. The van der Waals surface area contributed by atoms with Crippen molar-refractivity contribution >= 4 is 46.3 Å². The largest absolute Gasteiger partial charge is 0.360 e. The number of aromatic nitrogens is 2. The highest BCUT2D eigenvalue weighted by atomic mass is 35.5. The molecule has 3 aromatic rings. The van der Waals surface area contributed by atoms with Crippen LogP contribution in [0.1, 0.15) is 16.1 Å². The Morgan fingerprint density at radius 2 is 2.00 bits per heavy atom. The van der Waals surface area contributed by atoms with Gasteiger partial charge in [-0.15, -0.1) is 0 Å². The van der Waals surface area contributed by atoms with E-state index in [1.807, 2.05) is 0 Å². The Balaban J connectivity index is 1.77. The van der Waals surface area contributed by atoms with E-state index in [1.54, 1.807) is 43.5 Å². The number of nitrogens with one attached hydrogen (secondary N) is 2. The van der Waals surface area contributed by atoms with Crippen molar-refractivity contribution in [2.24, 2.45) is 0 Å². The topological polar surface area (TPSA) is 80.0 Å². The second-order valence-electron chi connectivity index (χ2n) is 4.99. The number of aryl methyl sites for hydroxylation is 1. The van der Waals surface area contributed by atoms with Crippen LogP contribution in [0, 0.1) is 6.92 Å². The molecule has 0 atom stereocenters. The van der Waals surface area contributed by atoms with Gasteiger partial charge in [-0.25, -0.2) is 0 Å². The molecule has 2 heterocycles. The summed E-state index contributed by atoms with van der Waals surface area (Å²) < 4.78 is 4.98. The SMILES string of the molecule is Cc1cc(Nc2cncc(C(=O)Nc3cc(Cl)ccc3Cl)c2)no1. The highest BCUT2D eigenvalue weighted by Crippen LogP contribution is 2.26. The van der Waals surface area contributed by atoms with E-state index < -0.39 is 0 Å². The molecule has 0 saturated carbocycles. The lowest BCUT2D eigenvalue weighted by Crippen LogP contribution is -2.13. The zero-order chi connectivity index (χ0) is 17.1. The molecule has 1 aromatic carbocycles. The Labute approximate surface area is 147 Å². The van der Waals surface area contributed by atoms with Gasteiger partial charge in [0.25, 0.3) is 5.91 Å². The molecule has 2 N–H and O–H groups in total. The van der Waals surface area contributed by atoms with E-state index in [-0.39, 0.29) is 5.91 Å². The molecule has 0 saturated heterocycles. The van der Waals surface area contributed by atoms with Gasteiger partial charge in [-0.1, -0.05) is 28.4 Å². The number of carbonyl (C=O) groups excluding carboxylic acids is 1. The van der Waals surface area contributed by atoms with Gasteiger partial charge in [-0.2, -0.15) is 0 Å². The lowest BCUT2D eigenvalue weighted by atomic mass is 10.2. The fourth-order valence-electron chi connectivity index (χ4n) is 1.99. The first-order chi connectivity index (χ1) is 11.5. The molecule has 0 aliphatic heterocycles. The van der Waals surface area contributed by atoms with E-state index in [0.717, 1.165) is 0 Å². The van der Waals surface area contributed by atoms with E-state index in [0.29, 0.717) is 38.6 Å². The minimum Gasteiger partial charge on any atom is -0.360 e. The van der Waals surface area contributed by atoms with Gasteiger partial charge in [0.1, 0.15) is 5.76 Å². The van der Waals surface area contributed by atoms with E-state index in [4.69, 9.17) is 27.7 Å². The fourth-order valence-corrected chi connectivity index (χ4v) is 2.33. The molecule has 0 aliphatic rings. The Bertz CT molecular complexity index is 895. The van der Waals surface area contributed by atoms with Crippen LogP contribution < -0.4 is 10.6 Å². The number of halogens is 2. The zero-order valence-electron chi connectivity index (χ0n) is 12.5. The molecule has 1 amide bonds. The number of anilines is 3. The van der Waals surface area contributed by atoms with Gasteiger partial charge in [0, 0.05) is 17.3 Å². The highest BCUT2D eigenvalue weighted by Gasteiger charge is 2.11. The molecule has 0 fully saturated rings. The Hall–Kier alpha value is -2.57. The number of nitrogens with zero attached hydrogens (tertiary/aromatic N) is 2. The second-order valence-corrected chi connectivity index (χ2v) is 5.83. The standard InChI is InChI=1S/C16H12Cl2N4O2/c1-9-4-15(22-24-9)20-12-5-10(7-19-8-12)16(23)21-14-6-11(17)2-3-13(14)18/h2-8H,1H3,(H,20,22)(H,21,23). The van der Waals surface area contributed by atoms with Crippen molar-refractivity contribution < 1.29 is 9.32 Å². The van der Waals surface area contributed by atoms with Crippen LogP contribution in [-0.4, -0.2) is 16.0 Å². The van der Waals surface area contributed by atoms with Crippen LogP contribution >= 0.6 is 23.2 Å². The van der Waals surface area contributed by atoms with Crippen molar-refractivity contribution in [2.45, 2.75) is 6.92 Å². The molecule has 0 aliphatic carbocycles. The number of pyridine rings is 1. The fraction of sp³-hybridized carbons (Fsp3) is 0.0625. The summed E-state index contributed by atoms with van der Waals surface area (Å²) in [7, 11) is 0. The third kappa shape index (κ3) is 3.84. The minimum atomic E-state index is -0.355. The second kappa shape index (κ2) is 6.90. The van der Waals surface area contributed by atoms with E-state index in [1.165, 1.54) is 6.20 Å². The van der Waals surface area contributed by atoms with Crippen LogP contribution in [0.2, 0.25) is 10.0 Å². The predicted octanol–water partition coefficient (Wildman–Crippen LogP) is 4.68. The minimum absolute atomic E-state index is 0.355. The first-order valence-corrected chi connectivity index (χ1v) is 7.68. The summed E-state index contributed by atoms with van der Waals surface area (Å²) in [6, 6.07) is 8.22. The number of hydrogen-bond acceptors (Lipinski definition) is 5. The number of amides is 1. The van der Waals surface area contributed by atoms with Crippen LogP contribution in [0.5, 0.6) is 0 Å². The summed E-state index contributed by atoms with van der Waals surface area (Å²) in [6.07, 6.45) is 3.03. The van der Waals surface area contributed by atoms with Crippen molar-refractivity contribution in [1.82, 2.24) is 10.1 Å². The van der Waals surface area contributed by atoms with Gasteiger partial charge in [0.2, 0.25) is 0 Å². The molecule has 0 bridgehead atoms. The van der Waals surface area contributed by atoms with Crippen molar-refractivity contribution in [2.75, 3.05) is 10.6 Å². The number of benzene rings is 1. The van der Waals surface area contributed by atoms with Gasteiger partial charge in [-0.05, 0) is 31.2 Å². The average molecular weight is 363 g/mol. The summed E-state index contributed by atoms with van der Waals surface area (Å²) >= 11 is 12.0. The predicted molar refractivity (Wildman–Crippen MR) is 93.2 cm³/mol. The van der Waals surface area contributed by atoms with Crippen molar-refractivity contribution in [3.63, 3.8) is 0 Å². The molecule has 0 spiro atoms. The maximum absolute atomic E-state index is 12.4. The molecule has 122 valence electrons. The average Bonchev–Trinajstić information content (AvgIpc) is 2.96. The van der Waals surface area contributed by atoms with Crippen LogP contribution in [0.3, 0.4) is 0 Å². The van der Waals surface area contributed by atoms with Crippen LogP contribution in [0.25, 0.3) is 0 Å². The summed E-state index contributed by atoms with van der Waals surface area (Å²) in [5.74, 6) is 0.853. The van der Waals surface area contributed by atoms with Crippen molar-refractivity contribution in [1.29, 1.82) is 0 Å². The first kappa shape index (κ1) is 16.3. The lowest BCUT2D eigenvalue weighted by molar-refractivity contribution is 0.102. The maximum atomic E-state index is 12.4. The Kier molecular flexibility index (Phi) is 4.69. The van der Waals surface area contributed by atoms with Crippen LogP contribution in [0.4, 0.5) is 17.2 Å². The van der Waals surface area contributed by atoms with Gasteiger partial charge < -0.3 is 15.2 Å². The van der Waals surface area contributed by atoms with Gasteiger partial charge in [-0.3, -0.25) is 9.78 Å². The molecule has 0 unspecified atom stereocenters. The van der Waals surface area contributed by atoms with Crippen molar-refractivity contribution in [3.05, 3.63) is 64.1 Å². The van der Waals surface area contributed by atoms with Gasteiger partial charge in [0.05, 0.1) is 28.2 Å². The summed E-state index contributed by atoms with van der Waals surface area (Å²) in [5.41, 5.74) is 1.39. The smallest absolute Gasteiger partial charge is 0.257 e. The number of rotatable bonds is 4. The van der Waals surface area contributed by atoms with E-state index in [9.17, 15) is 4.79 Å². The van der Waals surface area contributed by atoms with E-state index in [2.05, 4.69) is 20.8 Å². The highest BCUT2D eigenvalue weighted by molar-refractivity contribution is 6.35. The summed E-state index contributed by atoms with van der Waals surface area (Å²) in [5, 5.41) is 10.4. The Morgan fingerprint density at radius 3 is 2.75 bits per heavy atom. The summed E-state index contributed by atoms with van der Waals surface area (Å²) in [6.45, 7) is 1.79. The van der Waals surface area contributed by atoms with Crippen LogP contribution in [0.15, 0.2) is 47.2 Å². The monoisotopic (exact) mass is 362 g/mol. The molecule has 2 aromatic heterocycles. The van der Waals surface area contributed by atoms with Crippen LogP contribution in [-0.2, 0) is 0 Å². The molecule has 8 heteroatoms. The Morgan fingerprint density at radius 1 is 1.17 bits per heavy atom. The van der Waals surface area contributed by atoms with E-state index >= 15 is 0 Å². The molecule has 6 nitrogen and oxygen atoms in total. The van der Waals surface area contributed by atoms with Crippen molar-refractivity contribution in [3.8, 4) is 0 Å². The van der Waals surface area contributed by atoms with Gasteiger partial charge >= 0.3 is 0 Å². The summed E-state index contributed by atoms with van der Waals surface area (Å²) in [4.78, 5) is 16.4. The molecule has 3 rings (SSSR count). The normalized spacial score (nSPS) is 10.5. The number of hydrogen-bond donors (Lipinski definition) is 2. The molecular formula is C16H12Cl2N4O2. The third-order valence-corrected chi connectivity index (χ3v) is 3.64. The maximum Gasteiger partial charge on any atom is 0.257 e. The molecular weight excluding hydrogens is 351 g/mol.